The molecular formula is C23H19ClFN3O. The van der Waals surface area contributed by atoms with Gasteiger partial charge in [-0.2, -0.15) is 0 Å². The minimum atomic E-state index is -0.288. The van der Waals surface area contributed by atoms with Crippen LogP contribution in [0.2, 0.25) is 5.15 Å². The molecule has 0 aliphatic rings. The molecule has 0 saturated heterocycles. The number of carbonyl (C=O) groups excluding carboxylic acids is 1. The molecule has 29 heavy (non-hydrogen) atoms. The highest BCUT2D eigenvalue weighted by Crippen LogP contribution is 2.23. The van der Waals surface area contributed by atoms with Crippen molar-refractivity contribution in [3.8, 4) is 0 Å². The molecule has 0 aliphatic heterocycles. The minimum Gasteiger partial charge on any atom is -0.336 e. The summed E-state index contributed by atoms with van der Waals surface area (Å²) in [6.07, 6.45) is 1.65. The van der Waals surface area contributed by atoms with Gasteiger partial charge < -0.3 is 9.47 Å². The predicted molar refractivity (Wildman–Crippen MR) is 112 cm³/mol. The van der Waals surface area contributed by atoms with E-state index in [-0.39, 0.29) is 18.3 Å². The molecule has 4 rings (SSSR count). The van der Waals surface area contributed by atoms with E-state index in [0.717, 1.165) is 16.5 Å². The molecule has 0 saturated carbocycles. The van der Waals surface area contributed by atoms with Crippen LogP contribution in [0, 0.1) is 5.82 Å². The molecule has 6 heteroatoms. The fourth-order valence-electron chi connectivity index (χ4n) is 3.40. The topological polar surface area (TPSA) is 38.1 Å². The van der Waals surface area contributed by atoms with Crippen molar-refractivity contribution in [3.05, 3.63) is 101 Å². The van der Waals surface area contributed by atoms with E-state index in [2.05, 4.69) is 4.98 Å². The van der Waals surface area contributed by atoms with Gasteiger partial charge in [-0.05, 0) is 29.8 Å². The highest BCUT2D eigenvalue weighted by molar-refractivity contribution is 6.29. The third-order valence-corrected chi connectivity index (χ3v) is 5.09. The van der Waals surface area contributed by atoms with Crippen LogP contribution in [0.1, 0.15) is 21.6 Å². The number of aromatic nitrogens is 2. The lowest BCUT2D eigenvalue weighted by atomic mass is 10.2. The highest BCUT2D eigenvalue weighted by atomic mass is 35.5. The van der Waals surface area contributed by atoms with Crippen molar-refractivity contribution in [1.82, 2.24) is 14.5 Å². The number of benzene rings is 2. The fraction of sp³-hybridized carbons (Fsp3) is 0.130. The quantitative estimate of drug-likeness (QED) is 0.429. The van der Waals surface area contributed by atoms with Gasteiger partial charge in [-0.25, -0.2) is 9.37 Å². The monoisotopic (exact) mass is 407 g/mol. The molecule has 0 atom stereocenters. The van der Waals surface area contributed by atoms with Crippen molar-refractivity contribution < 1.29 is 9.18 Å². The van der Waals surface area contributed by atoms with E-state index < -0.39 is 0 Å². The standard InChI is InChI=1S/C23H19ClFN3O/c1-27(14-16-10-11-22(24)26-13-16)23(29)21-12-17-6-3-5-9-20(17)28(21)15-18-7-2-4-8-19(18)25/h2-13H,14-15H2,1H3. The lowest BCUT2D eigenvalue weighted by Crippen LogP contribution is -2.28. The summed E-state index contributed by atoms with van der Waals surface area (Å²) in [6.45, 7) is 0.668. The van der Waals surface area contributed by atoms with Crippen LogP contribution in [0.3, 0.4) is 0 Å². The molecule has 0 bridgehead atoms. The maximum atomic E-state index is 14.3. The van der Waals surface area contributed by atoms with Crippen molar-refractivity contribution in [1.29, 1.82) is 0 Å². The summed E-state index contributed by atoms with van der Waals surface area (Å²) in [7, 11) is 1.74. The predicted octanol–water partition coefficient (Wildman–Crippen LogP) is 5.15. The summed E-state index contributed by atoms with van der Waals surface area (Å²) >= 11 is 5.84. The van der Waals surface area contributed by atoms with E-state index in [1.807, 2.05) is 41.0 Å². The van der Waals surface area contributed by atoms with Crippen LogP contribution in [0.15, 0.2) is 72.9 Å². The zero-order valence-electron chi connectivity index (χ0n) is 15.8. The Morgan fingerprint density at radius 2 is 1.86 bits per heavy atom. The number of nitrogens with zero attached hydrogens (tertiary/aromatic N) is 3. The zero-order valence-corrected chi connectivity index (χ0v) is 16.6. The van der Waals surface area contributed by atoms with Crippen molar-refractivity contribution in [2.45, 2.75) is 13.1 Å². The number of pyridine rings is 1. The lowest BCUT2D eigenvalue weighted by molar-refractivity contribution is 0.0775. The van der Waals surface area contributed by atoms with Gasteiger partial charge in [-0.1, -0.05) is 54.1 Å². The normalized spacial score (nSPS) is 11.0. The highest BCUT2D eigenvalue weighted by Gasteiger charge is 2.20. The minimum absolute atomic E-state index is 0.146. The maximum Gasteiger partial charge on any atom is 0.270 e. The molecule has 0 radical (unpaired) electrons. The van der Waals surface area contributed by atoms with Gasteiger partial charge >= 0.3 is 0 Å². The Kier molecular flexibility index (Phi) is 5.32. The van der Waals surface area contributed by atoms with Gasteiger partial charge in [0.25, 0.3) is 5.91 Å². The second-order valence-electron chi connectivity index (χ2n) is 6.92. The molecule has 0 aliphatic carbocycles. The lowest BCUT2D eigenvalue weighted by Gasteiger charge is -2.19. The third-order valence-electron chi connectivity index (χ3n) is 4.87. The van der Waals surface area contributed by atoms with Gasteiger partial charge in [-0.3, -0.25) is 4.79 Å². The molecule has 4 nitrogen and oxygen atoms in total. The van der Waals surface area contributed by atoms with Crippen molar-refractivity contribution in [2.75, 3.05) is 7.05 Å². The molecule has 2 heterocycles. The van der Waals surface area contributed by atoms with Gasteiger partial charge in [0.2, 0.25) is 0 Å². The summed E-state index contributed by atoms with van der Waals surface area (Å²) in [5, 5.41) is 1.35. The molecule has 0 N–H and O–H groups in total. The van der Waals surface area contributed by atoms with Crippen molar-refractivity contribution >= 4 is 28.4 Å². The number of para-hydroxylation sites is 1. The van der Waals surface area contributed by atoms with Crippen LogP contribution in [-0.4, -0.2) is 27.4 Å². The molecule has 4 aromatic rings. The van der Waals surface area contributed by atoms with Crippen LogP contribution >= 0.6 is 11.6 Å². The van der Waals surface area contributed by atoms with Gasteiger partial charge in [-0.15, -0.1) is 0 Å². The first kappa shape index (κ1) is 19.2. The SMILES string of the molecule is CN(Cc1ccc(Cl)nc1)C(=O)c1cc2ccccc2n1Cc1ccccc1F. The molecule has 146 valence electrons. The van der Waals surface area contributed by atoms with E-state index in [4.69, 9.17) is 11.6 Å². The Morgan fingerprint density at radius 1 is 1.10 bits per heavy atom. The van der Waals surface area contributed by atoms with Crippen molar-refractivity contribution in [2.24, 2.45) is 0 Å². The summed E-state index contributed by atoms with van der Waals surface area (Å²) in [5.41, 5.74) is 2.81. The summed E-state index contributed by atoms with van der Waals surface area (Å²) < 4.78 is 16.1. The van der Waals surface area contributed by atoms with Gasteiger partial charge in [0, 0.05) is 36.3 Å². The Morgan fingerprint density at radius 3 is 2.62 bits per heavy atom. The van der Waals surface area contributed by atoms with E-state index in [0.29, 0.717) is 23.0 Å². The zero-order chi connectivity index (χ0) is 20.4. The molecule has 0 fully saturated rings. The first-order valence-electron chi connectivity index (χ1n) is 9.20. The molecule has 2 aromatic heterocycles. The van der Waals surface area contributed by atoms with Crippen LogP contribution in [-0.2, 0) is 13.1 Å². The number of fused-ring (bicyclic) bond motifs is 1. The number of amides is 1. The van der Waals surface area contributed by atoms with E-state index in [1.54, 1.807) is 42.4 Å². The van der Waals surface area contributed by atoms with Crippen LogP contribution < -0.4 is 0 Å². The van der Waals surface area contributed by atoms with E-state index in [1.165, 1.54) is 6.07 Å². The second-order valence-corrected chi connectivity index (χ2v) is 7.30. The number of halogens is 2. The summed E-state index contributed by atoms with van der Waals surface area (Å²) in [4.78, 5) is 18.9. The number of hydrogen-bond acceptors (Lipinski definition) is 2. The van der Waals surface area contributed by atoms with Crippen molar-refractivity contribution in [3.63, 3.8) is 0 Å². The Balaban J connectivity index is 1.69. The second kappa shape index (κ2) is 8.05. The average Bonchev–Trinajstić information content (AvgIpc) is 3.09. The number of carbonyl (C=O) groups is 1. The number of hydrogen-bond donors (Lipinski definition) is 0. The molecule has 0 unspecified atom stereocenters. The molecule has 0 spiro atoms. The van der Waals surface area contributed by atoms with Crippen LogP contribution in [0.25, 0.3) is 10.9 Å². The van der Waals surface area contributed by atoms with Crippen LogP contribution in [0.5, 0.6) is 0 Å². The number of rotatable bonds is 5. The summed E-state index contributed by atoms with van der Waals surface area (Å²) in [6, 6.07) is 19.8. The largest absolute Gasteiger partial charge is 0.336 e. The Hall–Kier alpha value is -3.18. The smallest absolute Gasteiger partial charge is 0.270 e. The summed E-state index contributed by atoms with van der Waals surface area (Å²) in [5.74, 6) is -0.434. The van der Waals surface area contributed by atoms with E-state index >= 15 is 0 Å². The molecular weight excluding hydrogens is 389 g/mol. The first-order chi connectivity index (χ1) is 14.0. The van der Waals surface area contributed by atoms with Crippen LogP contribution in [0.4, 0.5) is 4.39 Å². The van der Waals surface area contributed by atoms with Gasteiger partial charge in [0.05, 0.1) is 6.54 Å². The average molecular weight is 408 g/mol. The molecule has 1 amide bonds. The van der Waals surface area contributed by atoms with Gasteiger partial charge in [0.15, 0.2) is 0 Å². The Labute approximate surface area is 173 Å². The van der Waals surface area contributed by atoms with E-state index in [9.17, 15) is 9.18 Å². The Bertz CT molecular complexity index is 1170. The van der Waals surface area contributed by atoms with Gasteiger partial charge in [0.1, 0.15) is 16.7 Å². The first-order valence-corrected chi connectivity index (χ1v) is 9.58. The third kappa shape index (κ3) is 4.00. The fourth-order valence-corrected chi connectivity index (χ4v) is 3.51. The maximum absolute atomic E-state index is 14.3. The molecule has 2 aromatic carbocycles.